The molecule has 6 nitrogen and oxygen atoms in total. The molecule has 0 atom stereocenters. The molecular formula is C21H28ClIN4O2S. The molecule has 0 saturated carbocycles. The highest BCUT2D eigenvalue weighted by Crippen LogP contribution is 2.38. The van der Waals surface area contributed by atoms with Crippen LogP contribution in [0.3, 0.4) is 0 Å². The van der Waals surface area contributed by atoms with E-state index in [0.717, 1.165) is 44.0 Å². The quantitative estimate of drug-likeness (QED) is 0.319. The monoisotopic (exact) mass is 562 g/mol. The number of rotatable bonds is 5. The highest BCUT2D eigenvalue weighted by Gasteiger charge is 2.21. The van der Waals surface area contributed by atoms with Crippen LogP contribution in [0.4, 0.5) is 5.00 Å². The number of piperidine rings is 1. The number of ether oxygens (including phenoxy) is 2. The van der Waals surface area contributed by atoms with Crippen LogP contribution in [0.15, 0.2) is 34.6 Å². The van der Waals surface area contributed by atoms with Crippen molar-refractivity contribution in [2.24, 2.45) is 4.99 Å². The van der Waals surface area contributed by atoms with Crippen LogP contribution in [0.2, 0.25) is 5.02 Å². The Morgan fingerprint density at radius 2 is 2.07 bits per heavy atom. The average molecular weight is 563 g/mol. The first-order valence-corrected chi connectivity index (χ1v) is 11.4. The summed E-state index contributed by atoms with van der Waals surface area (Å²) in [5, 5.41) is 11.0. The van der Waals surface area contributed by atoms with Crippen LogP contribution in [0, 0.1) is 0 Å². The summed E-state index contributed by atoms with van der Waals surface area (Å²) in [5.41, 5.74) is 1.00. The number of benzene rings is 1. The minimum Gasteiger partial charge on any atom is -0.486 e. The molecule has 1 saturated heterocycles. The molecule has 30 heavy (non-hydrogen) atoms. The van der Waals surface area contributed by atoms with E-state index in [1.165, 1.54) is 5.00 Å². The molecule has 0 amide bonds. The van der Waals surface area contributed by atoms with Gasteiger partial charge in [-0.15, -0.1) is 35.3 Å². The molecule has 2 N–H and O–H groups in total. The summed E-state index contributed by atoms with van der Waals surface area (Å²) in [5.74, 6) is 2.18. The van der Waals surface area contributed by atoms with Crippen LogP contribution in [0.1, 0.15) is 25.3 Å². The molecule has 0 radical (unpaired) electrons. The zero-order chi connectivity index (χ0) is 20.1. The van der Waals surface area contributed by atoms with Crippen LogP contribution in [0.5, 0.6) is 11.5 Å². The maximum absolute atomic E-state index is 6.35. The van der Waals surface area contributed by atoms with Crippen molar-refractivity contribution in [1.29, 1.82) is 0 Å². The van der Waals surface area contributed by atoms with E-state index in [4.69, 9.17) is 26.1 Å². The highest BCUT2D eigenvalue weighted by molar-refractivity contribution is 14.0. The lowest BCUT2D eigenvalue weighted by Crippen LogP contribution is -2.48. The Morgan fingerprint density at radius 3 is 2.80 bits per heavy atom. The third kappa shape index (κ3) is 5.85. The number of thiophene rings is 1. The molecule has 0 aliphatic carbocycles. The molecule has 2 aliphatic rings. The number of fused-ring (bicyclic) bond motifs is 1. The minimum atomic E-state index is 0. The summed E-state index contributed by atoms with van der Waals surface area (Å²) in [6.07, 6.45) is 2.19. The molecule has 4 rings (SSSR count). The molecule has 2 aliphatic heterocycles. The summed E-state index contributed by atoms with van der Waals surface area (Å²) in [4.78, 5) is 7.23. The fraction of sp³-hybridized carbons (Fsp3) is 0.476. The number of nitrogens with one attached hydrogen (secondary N) is 2. The standard InChI is InChI=1S/C21H27ClN4O2S.HI/c1-2-23-21(25-16-5-7-26(8-6-16)19-4-3-11-29-19)24-14-15-12-17(22)20-18(13-15)27-9-10-28-20;/h3-4,11-13,16H,2,5-10,14H2,1H3,(H2,23,24,25);1H. The van der Waals surface area contributed by atoms with Gasteiger partial charge >= 0.3 is 0 Å². The summed E-state index contributed by atoms with van der Waals surface area (Å²) >= 11 is 8.16. The van der Waals surface area contributed by atoms with Gasteiger partial charge in [0.1, 0.15) is 13.2 Å². The van der Waals surface area contributed by atoms with Gasteiger partial charge in [0, 0.05) is 25.7 Å². The number of hydrogen-bond donors (Lipinski definition) is 2. The smallest absolute Gasteiger partial charge is 0.191 e. The van der Waals surface area contributed by atoms with Gasteiger partial charge in [-0.3, -0.25) is 0 Å². The molecular weight excluding hydrogens is 535 g/mol. The van der Waals surface area contributed by atoms with E-state index in [1.54, 1.807) is 0 Å². The van der Waals surface area contributed by atoms with E-state index in [0.29, 0.717) is 42.3 Å². The maximum atomic E-state index is 6.35. The van der Waals surface area contributed by atoms with Gasteiger partial charge in [-0.2, -0.15) is 0 Å². The Hall–Kier alpha value is -1.39. The molecule has 0 unspecified atom stereocenters. The number of hydrogen-bond acceptors (Lipinski definition) is 5. The molecule has 3 heterocycles. The van der Waals surface area contributed by atoms with E-state index in [-0.39, 0.29) is 24.0 Å². The first-order valence-electron chi connectivity index (χ1n) is 10.1. The SMILES string of the molecule is CCNC(=NCc1cc(Cl)c2c(c1)OCCO2)NC1CCN(c2cccs2)CC1.I. The van der Waals surface area contributed by atoms with Gasteiger partial charge in [0.2, 0.25) is 0 Å². The van der Waals surface area contributed by atoms with E-state index < -0.39 is 0 Å². The number of halogens is 2. The fourth-order valence-electron chi connectivity index (χ4n) is 3.63. The van der Waals surface area contributed by atoms with Gasteiger partial charge in [-0.05, 0) is 55.0 Å². The largest absolute Gasteiger partial charge is 0.486 e. The first kappa shape index (κ1) is 23.3. The van der Waals surface area contributed by atoms with Crippen molar-refractivity contribution in [2.45, 2.75) is 32.4 Å². The van der Waals surface area contributed by atoms with Gasteiger partial charge in [0.05, 0.1) is 16.6 Å². The molecule has 0 spiro atoms. The Bertz CT molecular complexity index is 842. The Morgan fingerprint density at radius 1 is 1.27 bits per heavy atom. The second-order valence-corrected chi connectivity index (χ2v) is 8.49. The second kappa shape index (κ2) is 11.3. The first-order chi connectivity index (χ1) is 14.2. The predicted molar refractivity (Wildman–Crippen MR) is 135 cm³/mol. The van der Waals surface area contributed by atoms with Gasteiger partial charge in [-0.25, -0.2) is 4.99 Å². The molecule has 164 valence electrons. The van der Waals surface area contributed by atoms with Crippen molar-refractivity contribution < 1.29 is 9.47 Å². The van der Waals surface area contributed by atoms with Crippen LogP contribution in [0.25, 0.3) is 0 Å². The zero-order valence-electron chi connectivity index (χ0n) is 17.0. The lowest BCUT2D eigenvalue weighted by molar-refractivity contribution is 0.171. The summed E-state index contributed by atoms with van der Waals surface area (Å²) in [7, 11) is 0. The number of aliphatic imine (C=N–C) groups is 1. The lowest BCUT2D eigenvalue weighted by Gasteiger charge is -2.33. The van der Waals surface area contributed by atoms with Crippen LogP contribution in [-0.4, -0.2) is 44.8 Å². The number of anilines is 1. The third-order valence-electron chi connectivity index (χ3n) is 5.07. The highest BCUT2D eigenvalue weighted by atomic mass is 127. The van der Waals surface area contributed by atoms with E-state index >= 15 is 0 Å². The minimum absolute atomic E-state index is 0. The number of nitrogens with zero attached hydrogens (tertiary/aromatic N) is 2. The van der Waals surface area contributed by atoms with E-state index in [9.17, 15) is 0 Å². The van der Waals surface area contributed by atoms with Crippen molar-refractivity contribution >= 4 is 57.9 Å². The summed E-state index contributed by atoms with van der Waals surface area (Å²) < 4.78 is 11.3. The van der Waals surface area contributed by atoms with E-state index in [2.05, 4.69) is 40.0 Å². The maximum Gasteiger partial charge on any atom is 0.191 e. The molecule has 1 aromatic carbocycles. The Labute approximate surface area is 204 Å². The Balaban J connectivity index is 0.00000256. The van der Waals surface area contributed by atoms with Crippen LogP contribution in [-0.2, 0) is 6.54 Å². The zero-order valence-corrected chi connectivity index (χ0v) is 20.9. The molecule has 1 fully saturated rings. The average Bonchev–Trinajstić information content (AvgIpc) is 3.28. The van der Waals surface area contributed by atoms with Crippen molar-refractivity contribution in [3.8, 4) is 11.5 Å². The summed E-state index contributed by atoms with van der Waals surface area (Å²) in [6, 6.07) is 8.61. The number of guanidine groups is 1. The molecule has 1 aromatic heterocycles. The molecule has 2 aromatic rings. The van der Waals surface area contributed by atoms with E-state index in [1.807, 2.05) is 23.5 Å². The van der Waals surface area contributed by atoms with Crippen molar-refractivity contribution in [3.05, 3.63) is 40.2 Å². The predicted octanol–water partition coefficient (Wildman–Crippen LogP) is 4.51. The van der Waals surface area contributed by atoms with Gasteiger partial charge in [-0.1, -0.05) is 11.6 Å². The van der Waals surface area contributed by atoms with Crippen LogP contribution >= 0.6 is 46.9 Å². The lowest BCUT2D eigenvalue weighted by atomic mass is 10.1. The van der Waals surface area contributed by atoms with Crippen LogP contribution < -0.4 is 25.0 Å². The van der Waals surface area contributed by atoms with Crippen molar-refractivity contribution in [3.63, 3.8) is 0 Å². The molecule has 9 heteroatoms. The van der Waals surface area contributed by atoms with Gasteiger partial charge in [0.15, 0.2) is 17.5 Å². The Kier molecular flexibility index (Phi) is 8.76. The second-order valence-electron chi connectivity index (χ2n) is 7.15. The fourth-order valence-corrected chi connectivity index (χ4v) is 4.71. The van der Waals surface area contributed by atoms with Crippen molar-refractivity contribution in [2.75, 3.05) is 37.7 Å². The topological polar surface area (TPSA) is 58.1 Å². The molecule has 0 bridgehead atoms. The third-order valence-corrected chi connectivity index (χ3v) is 6.28. The van der Waals surface area contributed by atoms with Crippen molar-refractivity contribution in [1.82, 2.24) is 10.6 Å². The normalized spacial score (nSPS) is 16.7. The van der Waals surface area contributed by atoms with Gasteiger partial charge in [0.25, 0.3) is 0 Å². The summed E-state index contributed by atoms with van der Waals surface area (Å²) in [6.45, 7) is 6.64. The van der Waals surface area contributed by atoms with Gasteiger partial charge < -0.3 is 25.0 Å².